The summed E-state index contributed by atoms with van der Waals surface area (Å²) in [7, 11) is 0. The molecule has 0 aliphatic heterocycles. The SMILES string of the molecule is Cc1nc2ccccc2n(CC(=O)NC[C@H]2C[C@@H]3C=C[C@H]2C3)c1=O. The van der Waals surface area contributed by atoms with E-state index in [1.165, 1.54) is 17.4 Å². The highest BCUT2D eigenvalue weighted by Crippen LogP contribution is 2.42. The number of benzene rings is 1. The van der Waals surface area contributed by atoms with Gasteiger partial charge in [0.1, 0.15) is 12.2 Å². The van der Waals surface area contributed by atoms with E-state index in [4.69, 9.17) is 0 Å². The number of allylic oxidation sites excluding steroid dienone is 2. The van der Waals surface area contributed by atoms with Crippen LogP contribution in [0.15, 0.2) is 41.2 Å². The lowest BCUT2D eigenvalue weighted by atomic mass is 9.94. The maximum Gasteiger partial charge on any atom is 0.272 e. The molecule has 0 unspecified atom stereocenters. The highest BCUT2D eigenvalue weighted by molar-refractivity contribution is 5.80. The van der Waals surface area contributed by atoms with E-state index in [1.807, 2.05) is 24.3 Å². The largest absolute Gasteiger partial charge is 0.354 e. The fourth-order valence-corrected chi connectivity index (χ4v) is 4.05. The molecule has 0 saturated heterocycles. The van der Waals surface area contributed by atoms with Gasteiger partial charge in [-0.25, -0.2) is 4.98 Å². The molecule has 124 valence electrons. The number of rotatable bonds is 4. The Morgan fingerprint density at radius 3 is 2.88 bits per heavy atom. The first-order chi connectivity index (χ1) is 11.6. The minimum absolute atomic E-state index is 0.0410. The zero-order chi connectivity index (χ0) is 16.7. The molecule has 0 radical (unpaired) electrons. The monoisotopic (exact) mass is 323 g/mol. The van der Waals surface area contributed by atoms with Crippen molar-refractivity contribution in [3.63, 3.8) is 0 Å². The lowest BCUT2D eigenvalue weighted by Gasteiger charge is -2.19. The molecule has 1 fully saturated rings. The van der Waals surface area contributed by atoms with E-state index in [9.17, 15) is 9.59 Å². The van der Waals surface area contributed by atoms with Crippen molar-refractivity contribution in [1.82, 2.24) is 14.9 Å². The summed E-state index contributed by atoms with van der Waals surface area (Å²) in [5.41, 5.74) is 1.65. The number of carbonyl (C=O) groups is 1. The van der Waals surface area contributed by atoms with Gasteiger partial charge >= 0.3 is 0 Å². The van der Waals surface area contributed by atoms with Crippen LogP contribution in [0.25, 0.3) is 11.0 Å². The zero-order valence-corrected chi connectivity index (χ0v) is 13.7. The minimum atomic E-state index is -0.202. The number of nitrogens with one attached hydrogen (secondary N) is 1. The van der Waals surface area contributed by atoms with Crippen molar-refractivity contribution in [3.05, 3.63) is 52.5 Å². The summed E-state index contributed by atoms with van der Waals surface area (Å²) in [6, 6.07) is 7.43. The Kier molecular flexibility index (Phi) is 3.71. The van der Waals surface area contributed by atoms with Crippen LogP contribution in [-0.2, 0) is 11.3 Å². The third kappa shape index (κ3) is 2.64. The van der Waals surface area contributed by atoms with Gasteiger partial charge < -0.3 is 5.32 Å². The third-order valence-corrected chi connectivity index (χ3v) is 5.29. The number of fused-ring (bicyclic) bond motifs is 3. The number of hydrogen-bond acceptors (Lipinski definition) is 3. The molecular formula is C19H21N3O2. The summed E-state index contributed by atoms with van der Waals surface area (Å²) >= 11 is 0. The van der Waals surface area contributed by atoms with Gasteiger partial charge in [0.2, 0.25) is 5.91 Å². The van der Waals surface area contributed by atoms with E-state index in [0.29, 0.717) is 35.5 Å². The zero-order valence-electron chi connectivity index (χ0n) is 13.7. The molecule has 24 heavy (non-hydrogen) atoms. The molecule has 2 aromatic rings. The molecule has 1 N–H and O–H groups in total. The molecule has 2 aliphatic carbocycles. The van der Waals surface area contributed by atoms with Crippen molar-refractivity contribution < 1.29 is 4.79 Å². The van der Waals surface area contributed by atoms with Crippen LogP contribution in [0.4, 0.5) is 0 Å². The molecule has 4 rings (SSSR count). The summed E-state index contributed by atoms with van der Waals surface area (Å²) in [5.74, 6) is 1.74. The number of nitrogens with zero attached hydrogens (tertiary/aromatic N) is 2. The lowest BCUT2D eigenvalue weighted by Crippen LogP contribution is -2.36. The molecule has 1 aromatic heterocycles. The first kappa shape index (κ1) is 15.1. The molecule has 2 bridgehead atoms. The number of hydrogen-bond donors (Lipinski definition) is 1. The Hall–Kier alpha value is -2.43. The van der Waals surface area contributed by atoms with Gasteiger partial charge in [-0.2, -0.15) is 0 Å². The molecule has 5 nitrogen and oxygen atoms in total. The van der Waals surface area contributed by atoms with Gasteiger partial charge in [-0.1, -0.05) is 24.3 Å². The van der Waals surface area contributed by atoms with Crippen LogP contribution in [-0.4, -0.2) is 22.0 Å². The Labute approximate surface area is 140 Å². The Balaban J connectivity index is 1.49. The number of aryl methyl sites for hydroxylation is 1. The average Bonchev–Trinajstić information content (AvgIpc) is 3.20. The van der Waals surface area contributed by atoms with Crippen LogP contribution in [0.3, 0.4) is 0 Å². The topological polar surface area (TPSA) is 64.0 Å². The summed E-state index contributed by atoms with van der Waals surface area (Å²) in [6.45, 7) is 2.42. The number of amides is 1. The van der Waals surface area contributed by atoms with E-state index >= 15 is 0 Å². The molecule has 1 amide bonds. The molecule has 1 aromatic carbocycles. The minimum Gasteiger partial charge on any atom is -0.354 e. The second-order valence-corrected chi connectivity index (χ2v) is 6.92. The molecule has 0 spiro atoms. The summed E-state index contributed by atoms with van der Waals surface area (Å²) < 4.78 is 1.52. The van der Waals surface area contributed by atoms with Gasteiger partial charge in [0, 0.05) is 6.54 Å². The van der Waals surface area contributed by atoms with Gasteiger partial charge in [-0.3, -0.25) is 14.2 Å². The van der Waals surface area contributed by atoms with Gasteiger partial charge in [-0.05, 0) is 49.7 Å². The first-order valence-electron chi connectivity index (χ1n) is 8.53. The second kappa shape index (κ2) is 5.89. The lowest BCUT2D eigenvalue weighted by molar-refractivity contribution is -0.121. The molecular weight excluding hydrogens is 302 g/mol. The Morgan fingerprint density at radius 1 is 1.29 bits per heavy atom. The summed E-state index contributed by atoms with van der Waals surface area (Å²) in [5, 5.41) is 3.02. The van der Waals surface area contributed by atoms with Crippen LogP contribution < -0.4 is 10.9 Å². The fraction of sp³-hybridized carbons (Fsp3) is 0.421. The highest BCUT2D eigenvalue weighted by Gasteiger charge is 2.35. The molecule has 5 heteroatoms. The van der Waals surface area contributed by atoms with E-state index in [0.717, 1.165) is 5.52 Å². The number of aromatic nitrogens is 2. The van der Waals surface area contributed by atoms with E-state index in [1.54, 1.807) is 6.92 Å². The van der Waals surface area contributed by atoms with Crippen molar-refractivity contribution >= 4 is 16.9 Å². The number of para-hydroxylation sites is 2. The average molecular weight is 323 g/mol. The van der Waals surface area contributed by atoms with Gasteiger partial charge in [0.05, 0.1) is 11.0 Å². The fourth-order valence-electron chi connectivity index (χ4n) is 4.05. The van der Waals surface area contributed by atoms with Gasteiger partial charge in [0.15, 0.2) is 0 Å². The molecule has 2 aliphatic rings. The standard InChI is InChI=1S/C19H21N3O2/c1-12-19(24)22(17-5-3-2-4-16(17)21-12)11-18(23)20-10-15-9-13-6-7-14(15)8-13/h2-7,13-15H,8-11H2,1H3,(H,20,23)/t13-,14+,15-/m1/s1. The van der Waals surface area contributed by atoms with Crippen molar-refractivity contribution in [2.24, 2.45) is 17.8 Å². The Bertz CT molecular complexity index is 884. The third-order valence-electron chi connectivity index (χ3n) is 5.29. The predicted octanol–water partition coefficient (Wildman–Crippen LogP) is 2.03. The quantitative estimate of drug-likeness (QED) is 0.876. The van der Waals surface area contributed by atoms with Crippen LogP contribution in [0.1, 0.15) is 18.5 Å². The summed E-state index contributed by atoms with van der Waals surface area (Å²) in [4.78, 5) is 29.1. The maximum atomic E-state index is 12.4. The Morgan fingerprint density at radius 2 is 2.12 bits per heavy atom. The van der Waals surface area contributed by atoms with Gasteiger partial charge in [-0.15, -0.1) is 0 Å². The van der Waals surface area contributed by atoms with Gasteiger partial charge in [0.25, 0.3) is 5.56 Å². The normalized spacial score (nSPS) is 24.6. The smallest absolute Gasteiger partial charge is 0.272 e. The molecule has 1 saturated carbocycles. The van der Waals surface area contributed by atoms with E-state index in [-0.39, 0.29) is 18.0 Å². The molecule has 3 atom stereocenters. The van der Waals surface area contributed by atoms with Crippen molar-refractivity contribution in [2.75, 3.05) is 6.54 Å². The predicted molar refractivity (Wildman–Crippen MR) is 92.6 cm³/mol. The highest BCUT2D eigenvalue weighted by atomic mass is 16.2. The van der Waals surface area contributed by atoms with Crippen LogP contribution in [0, 0.1) is 24.7 Å². The maximum absolute atomic E-state index is 12.4. The number of carbonyl (C=O) groups excluding carboxylic acids is 1. The first-order valence-corrected chi connectivity index (χ1v) is 8.53. The van der Waals surface area contributed by atoms with Crippen LogP contribution in [0.2, 0.25) is 0 Å². The van der Waals surface area contributed by atoms with E-state index in [2.05, 4.69) is 22.5 Å². The molecule has 1 heterocycles. The second-order valence-electron chi connectivity index (χ2n) is 6.92. The van der Waals surface area contributed by atoms with Crippen molar-refractivity contribution in [3.8, 4) is 0 Å². The van der Waals surface area contributed by atoms with Crippen molar-refractivity contribution in [1.29, 1.82) is 0 Å². The van der Waals surface area contributed by atoms with Crippen LogP contribution in [0.5, 0.6) is 0 Å². The summed E-state index contributed by atoms with van der Waals surface area (Å²) in [6.07, 6.45) is 6.98. The van der Waals surface area contributed by atoms with Crippen molar-refractivity contribution in [2.45, 2.75) is 26.3 Å². The van der Waals surface area contributed by atoms with E-state index < -0.39 is 0 Å². The van der Waals surface area contributed by atoms with Crippen LogP contribution >= 0.6 is 0 Å².